The van der Waals surface area contributed by atoms with Gasteiger partial charge in [-0.05, 0) is 30.9 Å². The molecule has 1 atom stereocenters. The lowest BCUT2D eigenvalue weighted by Crippen LogP contribution is -2.23. The van der Waals surface area contributed by atoms with Crippen LogP contribution in [0.25, 0.3) is 0 Å². The zero-order chi connectivity index (χ0) is 11.1. The molecule has 0 radical (unpaired) electrons. The Morgan fingerprint density at radius 2 is 2.27 bits per heavy atom. The standard InChI is InChI=1S/C12H19NOS/c1-4-10(9-14-2)13-11-6-5-7-12(8-11)15-3/h5-8,10,13H,4,9H2,1-3H3. The number of hydrogen-bond acceptors (Lipinski definition) is 3. The summed E-state index contributed by atoms with van der Waals surface area (Å²) in [6.07, 6.45) is 3.16. The molecule has 0 spiro atoms. The molecule has 0 aliphatic heterocycles. The van der Waals surface area contributed by atoms with E-state index in [1.807, 2.05) is 0 Å². The molecule has 0 aromatic heterocycles. The Morgan fingerprint density at radius 3 is 2.87 bits per heavy atom. The number of ether oxygens (including phenoxy) is 1. The van der Waals surface area contributed by atoms with Gasteiger partial charge in [0.25, 0.3) is 0 Å². The molecule has 1 N–H and O–H groups in total. The Kier molecular flexibility index (Phi) is 5.58. The molecule has 0 fully saturated rings. The lowest BCUT2D eigenvalue weighted by atomic mass is 10.2. The second kappa shape index (κ2) is 6.75. The molecular formula is C12H19NOS. The van der Waals surface area contributed by atoms with Gasteiger partial charge < -0.3 is 10.1 Å². The van der Waals surface area contributed by atoms with Crippen LogP contribution in [0.1, 0.15) is 13.3 Å². The largest absolute Gasteiger partial charge is 0.383 e. The topological polar surface area (TPSA) is 21.3 Å². The highest BCUT2D eigenvalue weighted by molar-refractivity contribution is 7.98. The van der Waals surface area contributed by atoms with Crippen molar-refractivity contribution in [1.82, 2.24) is 0 Å². The molecule has 2 nitrogen and oxygen atoms in total. The van der Waals surface area contributed by atoms with Crippen molar-refractivity contribution in [2.75, 3.05) is 25.3 Å². The average Bonchev–Trinajstić information content (AvgIpc) is 2.29. The Labute approximate surface area is 96.4 Å². The molecule has 0 aliphatic rings. The van der Waals surface area contributed by atoms with Crippen LogP contribution in [0, 0.1) is 0 Å². The van der Waals surface area contributed by atoms with Crippen molar-refractivity contribution in [2.45, 2.75) is 24.3 Å². The Hall–Kier alpha value is -0.670. The number of anilines is 1. The van der Waals surface area contributed by atoms with Crippen LogP contribution in [-0.2, 0) is 4.74 Å². The van der Waals surface area contributed by atoms with Crippen molar-refractivity contribution in [3.05, 3.63) is 24.3 Å². The number of nitrogens with one attached hydrogen (secondary N) is 1. The van der Waals surface area contributed by atoms with E-state index >= 15 is 0 Å². The van der Waals surface area contributed by atoms with Crippen LogP contribution in [0.2, 0.25) is 0 Å². The highest BCUT2D eigenvalue weighted by atomic mass is 32.2. The van der Waals surface area contributed by atoms with Crippen molar-refractivity contribution in [2.24, 2.45) is 0 Å². The summed E-state index contributed by atoms with van der Waals surface area (Å²) in [4.78, 5) is 1.28. The predicted molar refractivity (Wildman–Crippen MR) is 67.8 cm³/mol. The van der Waals surface area contributed by atoms with E-state index in [-0.39, 0.29) is 0 Å². The van der Waals surface area contributed by atoms with Crippen LogP contribution in [0.15, 0.2) is 29.2 Å². The van der Waals surface area contributed by atoms with Gasteiger partial charge >= 0.3 is 0 Å². The van der Waals surface area contributed by atoms with E-state index in [4.69, 9.17) is 4.74 Å². The van der Waals surface area contributed by atoms with Crippen LogP contribution in [0.4, 0.5) is 5.69 Å². The average molecular weight is 225 g/mol. The quantitative estimate of drug-likeness (QED) is 0.751. The minimum Gasteiger partial charge on any atom is -0.383 e. The van der Waals surface area contributed by atoms with Gasteiger partial charge in [0, 0.05) is 23.7 Å². The second-order valence-electron chi connectivity index (χ2n) is 3.44. The van der Waals surface area contributed by atoms with Gasteiger partial charge in [-0.3, -0.25) is 0 Å². The van der Waals surface area contributed by atoms with E-state index in [0.29, 0.717) is 6.04 Å². The summed E-state index contributed by atoms with van der Waals surface area (Å²) in [5, 5.41) is 3.47. The molecule has 0 saturated heterocycles. The van der Waals surface area contributed by atoms with E-state index in [2.05, 4.69) is 42.8 Å². The smallest absolute Gasteiger partial charge is 0.0663 e. The van der Waals surface area contributed by atoms with Gasteiger partial charge in [0.15, 0.2) is 0 Å². The SMILES string of the molecule is CCC(COC)Nc1cccc(SC)c1. The summed E-state index contributed by atoms with van der Waals surface area (Å²) in [6.45, 7) is 2.91. The molecular weight excluding hydrogens is 206 g/mol. The minimum atomic E-state index is 0.395. The molecule has 1 aromatic carbocycles. The first-order valence-electron chi connectivity index (χ1n) is 5.19. The Bertz CT molecular complexity index is 291. The van der Waals surface area contributed by atoms with Crippen molar-refractivity contribution < 1.29 is 4.74 Å². The van der Waals surface area contributed by atoms with Crippen molar-refractivity contribution in [3.63, 3.8) is 0 Å². The third-order valence-corrected chi connectivity index (χ3v) is 3.03. The van der Waals surface area contributed by atoms with Crippen LogP contribution in [0.5, 0.6) is 0 Å². The normalized spacial score (nSPS) is 12.5. The van der Waals surface area contributed by atoms with Crippen molar-refractivity contribution in [3.8, 4) is 0 Å². The Balaban J connectivity index is 2.61. The lowest BCUT2D eigenvalue weighted by molar-refractivity contribution is 0.184. The van der Waals surface area contributed by atoms with Crippen molar-refractivity contribution >= 4 is 17.4 Å². The fourth-order valence-corrected chi connectivity index (χ4v) is 1.87. The Morgan fingerprint density at radius 1 is 1.47 bits per heavy atom. The van der Waals surface area contributed by atoms with Crippen LogP contribution in [-0.4, -0.2) is 26.0 Å². The van der Waals surface area contributed by atoms with Gasteiger partial charge in [0.1, 0.15) is 0 Å². The van der Waals surface area contributed by atoms with Gasteiger partial charge in [-0.25, -0.2) is 0 Å². The number of methoxy groups -OCH3 is 1. The first kappa shape index (κ1) is 12.4. The van der Waals surface area contributed by atoms with Gasteiger partial charge in [-0.1, -0.05) is 13.0 Å². The van der Waals surface area contributed by atoms with Crippen LogP contribution < -0.4 is 5.32 Å². The fraction of sp³-hybridized carbons (Fsp3) is 0.500. The van der Waals surface area contributed by atoms with E-state index < -0.39 is 0 Å². The molecule has 0 heterocycles. The number of benzene rings is 1. The summed E-state index contributed by atoms with van der Waals surface area (Å²) < 4.78 is 5.16. The minimum absolute atomic E-state index is 0.395. The molecule has 1 aromatic rings. The number of rotatable bonds is 6. The molecule has 15 heavy (non-hydrogen) atoms. The molecule has 1 rings (SSSR count). The summed E-state index contributed by atoms with van der Waals surface area (Å²) in [5.74, 6) is 0. The molecule has 0 aliphatic carbocycles. The van der Waals surface area contributed by atoms with Crippen LogP contribution >= 0.6 is 11.8 Å². The maximum Gasteiger partial charge on any atom is 0.0663 e. The molecule has 1 unspecified atom stereocenters. The van der Waals surface area contributed by atoms with E-state index in [9.17, 15) is 0 Å². The van der Waals surface area contributed by atoms with Gasteiger partial charge in [-0.15, -0.1) is 11.8 Å². The summed E-state index contributed by atoms with van der Waals surface area (Å²) in [5.41, 5.74) is 1.17. The maximum atomic E-state index is 5.16. The second-order valence-corrected chi connectivity index (χ2v) is 4.32. The lowest BCUT2D eigenvalue weighted by Gasteiger charge is -2.17. The third kappa shape index (κ3) is 4.14. The predicted octanol–water partition coefficient (Wildman–Crippen LogP) is 3.25. The highest BCUT2D eigenvalue weighted by Gasteiger charge is 2.05. The monoisotopic (exact) mass is 225 g/mol. The van der Waals surface area contributed by atoms with E-state index in [1.165, 1.54) is 10.6 Å². The van der Waals surface area contributed by atoms with Crippen molar-refractivity contribution in [1.29, 1.82) is 0 Å². The summed E-state index contributed by atoms with van der Waals surface area (Å²) >= 11 is 1.76. The molecule has 0 bridgehead atoms. The first-order valence-corrected chi connectivity index (χ1v) is 6.42. The third-order valence-electron chi connectivity index (χ3n) is 2.30. The van der Waals surface area contributed by atoms with E-state index in [0.717, 1.165) is 13.0 Å². The molecule has 3 heteroatoms. The first-order chi connectivity index (χ1) is 7.30. The van der Waals surface area contributed by atoms with Crippen LogP contribution in [0.3, 0.4) is 0 Å². The zero-order valence-electron chi connectivity index (χ0n) is 9.62. The van der Waals surface area contributed by atoms with Gasteiger partial charge in [0.2, 0.25) is 0 Å². The van der Waals surface area contributed by atoms with Gasteiger partial charge in [0.05, 0.1) is 6.61 Å². The number of hydrogen-bond donors (Lipinski definition) is 1. The maximum absolute atomic E-state index is 5.16. The van der Waals surface area contributed by atoms with Gasteiger partial charge in [-0.2, -0.15) is 0 Å². The van der Waals surface area contributed by atoms with E-state index in [1.54, 1.807) is 18.9 Å². The molecule has 84 valence electrons. The molecule has 0 amide bonds. The fourth-order valence-electron chi connectivity index (χ4n) is 1.41. The summed E-state index contributed by atoms with van der Waals surface area (Å²) in [6, 6.07) is 8.86. The summed E-state index contributed by atoms with van der Waals surface area (Å²) in [7, 11) is 1.74. The highest BCUT2D eigenvalue weighted by Crippen LogP contribution is 2.19. The molecule has 0 saturated carbocycles. The zero-order valence-corrected chi connectivity index (χ0v) is 10.4. The number of thioether (sulfide) groups is 1.